The van der Waals surface area contributed by atoms with Crippen molar-refractivity contribution in [2.75, 3.05) is 73.7 Å². The summed E-state index contributed by atoms with van der Waals surface area (Å²) in [6.07, 6.45) is -78.9. The van der Waals surface area contributed by atoms with E-state index in [1.807, 2.05) is 0 Å². The molecule has 0 aromatic rings. The first-order valence-electron chi connectivity index (χ1n) is 35.8. The number of hydrogen-bond acceptors (Lipinski definition) is 45. The van der Waals surface area contributed by atoms with Crippen molar-refractivity contribution < 1.29 is 222 Å². The van der Waals surface area contributed by atoms with Gasteiger partial charge in [-0.2, -0.15) is 0 Å². The van der Waals surface area contributed by atoms with E-state index < -0.39 is 353 Å². The molecule has 9 fully saturated rings. The molecule has 49 nitrogen and oxygen atoms in total. The number of rotatable bonds is 31. The van der Waals surface area contributed by atoms with Gasteiger partial charge in [0.2, 0.25) is 23.6 Å². The zero-order valence-corrected chi connectivity index (χ0v) is 61.0. The molecule has 0 aliphatic carbocycles. The molecule has 26 N–H and O–H groups in total. The topological polar surface area (TPSA) is 737 Å². The highest BCUT2D eigenvalue weighted by Crippen LogP contribution is 2.41. The van der Waals surface area contributed by atoms with Crippen LogP contribution in [0.3, 0.4) is 0 Å². The molecule has 9 saturated heterocycles. The Hall–Kier alpha value is -3.76. The van der Waals surface area contributed by atoms with Crippen LogP contribution >= 0.6 is 0 Å². The van der Waals surface area contributed by atoms with Gasteiger partial charge in [-0.15, -0.1) is 0 Å². The quantitative estimate of drug-likeness (QED) is 0.0306. The smallest absolute Gasteiger partial charge is 0.217 e. The largest absolute Gasteiger partial charge is 0.394 e. The SMILES string of the molecule is CO[C@@H]1[C@H](O)[C@@H](O[C@H]2[C@H](O)[C@@H](CO[C@H]3O[C@H](CO)[C@@H](O)[C@H](O)[C@@H]3O[C@@H]3O[C@H](CO)[C@@H](O[C@@H]4O[C@H](CO)[C@H](O)[C@H](O[C@@H]5O[C@H](CO)[C@H](O)[C@H](OC)[C@H]5O)[C@H]4NC(C)=O)[C@H](O)[C@H]3NC(C)=O)O[C@@H](O[C@H]3[C@H](O)[C@@H](NC(C)=O)[C@H](O[C@H]4[C@H](O)[C@@H](NC(C)=O)C(O)O[C@@H]4CO)O[C@@H]3CO)[C@H]2O[C@@H]2O[C@H](CO)[C@H](O)[C@H]2O)O[C@H](CO)[C@H]1O. The molecule has 0 aromatic carbocycles. The van der Waals surface area contributed by atoms with E-state index in [4.69, 9.17) is 90.0 Å². The van der Waals surface area contributed by atoms with Gasteiger partial charge in [-0.1, -0.05) is 0 Å². The van der Waals surface area contributed by atoms with Crippen LogP contribution in [-0.4, -0.2) is 480 Å². The molecular formula is C63H106N4O45. The van der Waals surface area contributed by atoms with E-state index in [0.717, 1.165) is 41.9 Å². The maximum Gasteiger partial charge on any atom is 0.217 e. The van der Waals surface area contributed by atoms with Crippen molar-refractivity contribution in [3.05, 3.63) is 0 Å². The third kappa shape index (κ3) is 20.2. The summed E-state index contributed by atoms with van der Waals surface area (Å²) in [5.74, 6) is -3.51. The second kappa shape index (κ2) is 40.8. The van der Waals surface area contributed by atoms with Crippen LogP contribution in [0.25, 0.3) is 0 Å². The summed E-state index contributed by atoms with van der Waals surface area (Å²) in [7, 11) is 2.15. The molecule has 0 aromatic heterocycles. The molecule has 0 bridgehead atoms. The van der Waals surface area contributed by atoms with Crippen molar-refractivity contribution >= 4 is 23.6 Å². The van der Waals surface area contributed by atoms with Gasteiger partial charge in [0.05, 0.1) is 59.5 Å². The first kappa shape index (κ1) is 92.1. The Morgan fingerprint density at radius 2 is 0.536 bits per heavy atom. The van der Waals surface area contributed by atoms with Crippen LogP contribution < -0.4 is 21.3 Å². The number of nitrogens with one attached hydrogen (secondary N) is 4. The second-order valence-corrected chi connectivity index (χ2v) is 28.1. The lowest BCUT2D eigenvalue weighted by molar-refractivity contribution is -0.400. The maximum atomic E-state index is 13.2. The van der Waals surface area contributed by atoms with Crippen LogP contribution in [0.2, 0.25) is 0 Å². The van der Waals surface area contributed by atoms with E-state index in [2.05, 4.69) is 21.3 Å². The van der Waals surface area contributed by atoms with Crippen molar-refractivity contribution in [3.63, 3.8) is 0 Å². The van der Waals surface area contributed by atoms with Crippen molar-refractivity contribution in [2.24, 2.45) is 0 Å². The minimum Gasteiger partial charge on any atom is -0.394 e. The van der Waals surface area contributed by atoms with Crippen LogP contribution in [0.5, 0.6) is 0 Å². The first-order valence-corrected chi connectivity index (χ1v) is 35.8. The summed E-state index contributed by atoms with van der Waals surface area (Å²) >= 11 is 0. The fourth-order valence-electron chi connectivity index (χ4n) is 14.8. The van der Waals surface area contributed by atoms with Gasteiger partial charge in [-0.3, -0.25) is 19.2 Å². The Morgan fingerprint density at radius 1 is 0.250 bits per heavy atom. The van der Waals surface area contributed by atoms with E-state index in [1.165, 1.54) is 0 Å². The third-order valence-corrected chi connectivity index (χ3v) is 20.5. The highest BCUT2D eigenvalue weighted by atomic mass is 16.8. The van der Waals surface area contributed by atoms with Gasteiger partial charge in [-0.25, -0.2) is 0 Å². The maximum absolute atomic E-state index is 13.2. The molecule has 1 unspecified atom stereocenters. The van der Waals surface area contributed by atoms with Crippen LogP contribution in [0.1, 0.15) is 27.7 Å². The molecule has 4 amide bonds. The van der Waals surface area contributed by atoms with Gasteiger partial charge in [0, 0.05) is 41.9 Å². The average Bonchev–Trinajstić information content (AvgIpc) is 1.03. The number of aliphatic hydroxyl groups is 22. The van der Waals surface area contributed by atoms with E-state index >= 15 is 0 Å². The number of carbonyl (C=O) groups excluding carboxylic acids is 4. The van der Waals surface area contributed by atoms with Crippen molar-refractivity contribution in [2.45, 2.75) is 298 Å². The van der Waals surface area contributed by atoms with Crippen LogP contribution in [0, 0.1) is 0 Å². The number of ether oxygens (including phenoxy) is 19. The molecular weight excluding hydrogens is 1530 g/mol. The monoisotopic (exact) mass is 1640 g/mol. The minimum atomic E-state index is -2.39. The molecule has 0 saturated carbocycles. The fraction of sp³-hybridized carbons (Fsp3) is 0.937. The summed E-state index contributed by atoms with van der Waals surface area (Å²) in [6, 6.07) is -7.26. The Bertz CT molecular complexity index is 2960. The normalized spacial score (nSPS) is 48.1. The van der Waals surface area contributed by atoms with E-state index in [9.17, 15) is 132 Å². The summed E-state index contributed by atoms with van der Waals surface area (Å²) in [4.78, 5) is 51.4. The summed E-state index contributed by atoms with van der Waals surface area (Å²) in [5.41, 5.74) is 0. The van der Waals surface area contributed by atoms with Gasteiger partial charge in [0.1, 0.15) is 213 Å². The number of aliphatic hydroxyl groups excluding tert-OH is 22. The lowest BCUT2D eigenvalue weighted by atomic mass is 9.93. The van der Waals surface area contributed by atoms with Gasteiger partial charge >= 0.3 is 0 Å². The zero-order chi connectivity index (χ0) is 82.3. The second-order valence-electron chi connectivity index (χ2n) is 28.1. The van der Waals surface area contributed by atoms with Gasteiger partial charge in [-0.05, 0) is 0 Å². The molecule has 112 heavy (non-hydrogen) atoms. The Labute approximate surface area is 636 Å². The molecule has 49 heteroatoms. The summed E-state index contributed by atoms with van der Waals surface area (Å²) in [6.45, 7) is -5.47. The standard InChI is InChI=1S/C63H106N4O45/c1-16(76)64-29-39(86)46(25(12-73)97-55(29)93)106-56-30(65-17(2)77)41(88)48(27(14-75)103-56)108-63-54(112-59-43(90)34(81)21(8-69)99-59)52(110-61-45(92)51(95-6)37(84)24(11-72)101-61)38(85)28(105-63)15-96-62-53(42(89)33(80)20(7-68)102-62)111-57-31(66-18(3)78)40(87)47(26(13-74)104-57)107-58-32(67-19(4)79)49(35(82)22(9-70)98-58)109-60-44(91)50(94-5)36(83)23(10-71)100-60/h20-63,68-75,80-93H,7-15H2,1-6H3,(H,64,76)(H,65,77)(H,66,78)(H,67,79)/t20-,21-,22-,23-,24-,25-,26-,27-,28-,29-,30-,31-,32-,33-,34+,35+,36+,37-,38-,39-,40-,41-,42+,43-,44-,45+,46-,47-,48-,49-,50+,51+,52+,53+,54+,55?,56+,57+,58+,59+,60+,61-,62+,63+/m1/s1. The molecule has 648 valence electrons. The zero-order valence-electron chi connectivity index (χ0n) is 61.0. The number of hydrogen-bond donors (Lipinski definition) is 26. The van der Waals surface area contributed by atoms with E-state index in [-0.39, 0.29) is 0 Å². The molecule has 9 rings (SSSR count). The molecule has 0 spiro atoms. The number of methoxy groups -OCH3 is 2. The van der Waals surface area contributed by atoms with Crippen LogP contribution in [0.4, 0.5) is 0 Å². The highest BCUT2D eigenvalue weighted by Gasteiger charge is 2.62. The average molecular weight is 1640 g/mol. The Kier molecular flexibility index (Phi) is 33.6. The van der Waals surface area contributed by atoms with Gasteiger partial charge in [0.25, 0.3) is 0 Å². The van der Waals surface area contributed by atoms with E-state index in [1.54, 1.807) is 0 Å². The van der Waals surface area contributed by atoms with Crippen LogP contribution in [-0.2, 0) is 109 Å². The van der Waals surface area contributed by atoms with Crippen molar-refractivity contribution in [1.29, 1.82) is 0 Å². The minimum absolute atomic E-state index is 0.775. The predicted molar refractivity (Wildman–Crippen MR) is 347 cm³/mol. The summed E-state index contributed by atoms with van der Waals surface area (Å²) in [5, 5.41) is 256. The molecule has 0 radical (unpaired) electrons. The van der Waals surface area contributed by atoms with Gasteiger partial charge in [0.15, 0.2) is 56.6 Å². The highest BCUT2D eigenvalue weighted by molar-refractivity contribution is 5.74. The lowest BCUT2D eigenvalue weighted by Crippen LogP contribution is -2.71. The van der Waals surface area contributed by atoms with Crippen molar-refractivity contribution in [3.8, 4) is 0 Å². The molecule has 9 heterocycles. The Morgan fingerprint density at radius 3 is 0.964 bits per heavy atom. The Balaban J connectivity index is 1.05. The predicted octanol–water partition coefficient (Wildman–Crippen LogP) is -18.1. The third-order valence-electron chi connectivity index (χ3n) is 20.5. The van der Waals surface area contributed by atoms with Crippen molar-refractivity contribution in [1.82, 2.24) is 21.3 Å². The first-order chi connectivity index (χ1) is 53.2. The van der Waals surface area contributed by atoms with E-state index in [0.29, 0.717) is 0 Å². The van der Waals surface area contributed by atoms with Gasteiger partial charge < -0.3 is 224 Å². The van der Waals surface area contributed by atoms with Crippen LogP contribution in [0.15, 0.2) is 0 Å². The fourth-order valence-corrected chi connectivity index (χ4v) is 14.8. The lowest BCUT2D eigenvalue weighted by Gasteiger charge is -2.51. The number of carbonyl (C=O) groups is 4. The molecule has 9 aliphatic heterocycles. The summed E-state index contributed by atoms with van der Waals surface area (Å²) < 4.78 is 113. The number of amides is 4. The molecule has 44 atom stereocenters. The molecule has 9 aliphatic rings.